The molecule has 0 saturated heterocycles. The first-order valence-electron chi connectivity index (χ1n) is 7.49. The average Bonchev–Trinajstić information content (AvgIpc) is 2.61. The Balaban J connectivity index is 3.11. The van der Waals surface area contributed by atoms with Gasteiger partial charge in [-0.05, 0) is 13.0 Å². The Bertz CT molecular complexity index is 593. The van der Waals surface area contributed by atoms with Crippen molar-refractivity contribution in [3.8, 4) is 0 Å². The van der Waals surface area contributed by atoms with Crippen LogP contribution in [0.5, 0.6) is 0 Å². The second-order valence-corrected chi connectivity index (χ2v) is 4.74. The van der Waals surface area contributed by atoms with Crippen LogP contribution < -0.4 is 27.8 Å². The first-order chi connectivity index (χ1) is 11.5. The summed E-state index contributed by atoms with van der Waals surface area (Å²) in [5, 5.41) is 12.3. The molecule has 0 aliphatic heterocycles. The molecule has 0 aromatic carbocycles. The third-order valence-corrected chi connectivity index (χ3v) is 2.83. The lowest BCUT2D eigenvalue weighted by Gasteiger charge is -2.09. The zero-order valence-electron chi connectivity index (χ0n) is 13.2. The number of rotatable bonds is 10. The van der Waals surface area contributed by atoms with Crippen molar-refractivity contribution < 1.29 is 14.4 Å². The van der Waals surface area contributed by atoms with Crippen molar-refractivity contribution in [1.29, 1.82) is 0 Å². The number of carbonyl (C=O) groups is 3. The van der Waals surface area contributed by atoms with E-state index in [0.717, 1.165) is 0 Å². The van der Waals surface area contributed by atoms with Crippen molar-refractivity contribution in [3.05, 3.63) is 17.2 Å². The normalized spacial score (nSPS) is 10.3. The van der Waals surface area contributed by atoms with Gasteiger partial charge in [0.25, 0.3) is 11.8 Å². The van der Waals surface area contributed by atoms with Crippen molar-refractivity contribution in [2.45, 2.75) is 12.8 Å². The van der Waals surface area contributed by atoms with E-state index in [1.165, 1.54) is 0 Å². The number of Topliss-reactive ketones (excluding diaryl/α,β-unsaturated/α-hetero) is 1. The fourth-order valence-corrected chi connectivity index (χ4v) is 1.67. The van der Waals surface area contributed by atoms with E-state index in [1.54, 1.807) is 0 Å². The Kier molecular flexibility index (Phi) is 8.39. The van der Waals surface area contributed by atoms with Gasteiger partial charge in [0.2, 0.25) is 11.6 Å². The van der Waals surface area contributed by atoms with Gasteiger partial charge in [-0.25, -0.2) is 4.98 Å². The monoisotopic (exact) mass is 338 g/mol. The molecule has 0 aliphatic rings. The Labute approximate surface area is 138 Å². The first kappa shape index (κ1) is 19.5. The van der Waals surface area contributed by atoms with Gasteiger partial charge in [0.15, 0.2) is 11.4 Å². The fourth-order valence-electron chi connectivity index (χ4n) is 1.67. The van der Waals surface area contributed by atoms with Crippen LogP contribution in [0.3, 0.4) is 0 Å². The van der Waals surface area contributed by atoms with Crippen molar-refractivity contribution in [3.63, 3.8) is 0 Å². The van der Waals surface area contributed by atoms with Crippen LogP contribution >= 0.6 is 0 Å². The van der Waals surface area contributed by atoms with E-state index in [2.05, 4.69) is 25.8 Å². The summed E-state index contributed by atoms with van der Waals surface area (Å²) in [6.07, 6.45) is 0.580. The van der Waals surface area contributed by atoms with Gasteiger partial charge in [0.1, 0.15) is 0 Å². The molecule has 132 valence electrons. The van der Waals surface area contributed by atoms with Crippen molar-refractivity contribution in [2.75, 3.05) is 32.7 Å². The van der Waals surface area contributed by atoms with Gasteiger partial charge in [0.05, 0.1) is 0 Å². The summed E-state index contributed by atoms with van der Waals surface area (Å²) in [4.78, 5) is 40.1. The van der Waals surface area contributed by atoms with Crippen LogP contribution in [-0.4, -0.2) is 65.5 Å². The van der Waals surface area contributed by atoms with E-state index in [4.69, 9.17) is 17.2 Å². The highest BCUT2D eigenvalue weighted by Gasteiger charge is 2.23. The molecular weight excluding hydrogens is 316 g/mol. The molecule has 2 amide bonds. The number of ketones is 1. The minimum Gasteiger partial charge on any atom is -0.349 e. The van der Waals surface area contributed by atoms with E-state index in [9.17, 15) is 14.4 Å². The quantitative estimate of drug-likeness (QED) is 0.280. The van der Waals surface area contributed by atoms with E-state index in [0.29, 0.717) is 13.0 Å². The molecule has 1 aromatic rings. The molecule has 0 bridgehead atoms. The van der Waals surface area contributed by atoms with Crippen LogP contribution in [0.25, 0.3) is 0 Å². The maximum atomic E-state index is 12.2. The maximum absolute atomic E-state index is 12.2. The smallest absolute Gasteiger partial charge is 0.274 e. The molecular formula is C13H22N8O3. The predicted octanol–water partition coefficient (Wildman–Crippen LogP) is -2.83. The Morgan fingerprint density at radius 1 is 0.833 bits per heavy atom. The number of amides is 2. The first-order valence-corrected chi connectivity index (χ1v) is 7.49. The summed E-state index contributed by atoms with van der Waals surface area (Å²) in [5.74, 6) is -1.97. The molecule has 0 radical (unpaired) electrons. The second-order valence-electron chi connectivity index (χ2n) is 4.74. The summed E-state index contributed by atoms with van der Waals surface area (Å²) in [6.45, 7) is 1.14. The van der Waals surface area contributed by atoms with E-state index >= 15 is 0 Å². The molecule has 1 aromatic heterocycles. The summed E-state index contributed by atoms with van der Waals surface area (Å²) < 4.78 is 0. The SMILES string of the molecule is NCCCC(=O)c1nnc(C(=O)NCCN)c(C(=O)NCCN)n1. The van der Waals surface area contributed by atoms with Crippen LogP contribution in [0.15, 0.2) is 0 Å². The van der Waals surface area contributed by atoms with E-state index in [-0.39, 0.29) is 49.8 Å². The Morgan fingerprint density at radius 3 is 1.96 bits per heavy atom. The van der Waals surface area contributed by atoms with Crippen molar-refractivity contribution in [1.82, 2.24) is 25.8 Å². The lowest BCUT2D eigenvalue weighted by Crippen LogP contribution is -2.36. The molecule has 0 atom stereocenters. The van der Waals surface area contributed by atoms with E-state index in [1.807, 2.05) is 0 Å². The van der Waals surface area contributed by atoms with Gasteiger partial charge in [-0.1, -0.05) is 0 Å². The summed E-state index contributed by atoms with van der Waals surface area (Å²) >= 11 is 0. The third-order valence-electron chi connectivity index (χ3n) is 2.83. The van der Waals surface area contributed by atoms with Crippen molar-refractivity contribution in [2.24, 2.45) is 17.2 Å². The molecule has 1 rings (SSSR count). The summed E-state index contributed by atoms with van der Waals surface area (Å²) in [7, 11) is 0. The Morgan fingerprint density at radius 2 is 1.42 bits per heavy atom. The molecule has 11 nitrogen and oxygen atoms in total. The van der Waals surface area contributed by atoms with Crippen LogP contribution in [0.1, 0.15) is 44.4 Å². The maximum Gasteiger partial charge on any atom is 0.274 e. The molecule has 0 saturated carbocycles. The van der Waals surface area contributed by atoms with Gasteiger partial charge in [-0.2, -0.15) is 0 Å². The van der Waals surface area contributed by atoms with Crippen molar-refractivity contribution >= 4 is 17.6 Å². The lowest BCUT2D eigenvalue weighted by molar-refractivity contribution is 0.0906. The molecule has 11 heteroatoms. The van der Waals surface area contributed by atoms with Crippen LogP contribution in [0, 0.1) is 0 Å². The number of aromatic nitrogens is 3. The summed E-state index contributed by atoms with van der Waals surface area (Å²) in [5.41, 5.74) is 15.4. The molecule has 0 fully saturated rings. The van der Waals surface area contributed by atoms with Gasteiger partial charge in [0, 0.05) is 32.6 Å². The number of hydrogen-bond donors (Lipinski definition) is 5. The Hall–Kier alpha value is -2.50. The standard InChI is InChI=1S/C13H22N8O3/c14-3-1-2-8(22)11-19-9(12(23)17-6-4-15)10(20-21-11)13(24)18-7-5-16/h1-7,14-16H2,(H,17,23)(H,18,24). The zero-order valence-corrected chi connectivity index (χ0v) is 13.2. The fraction of sp³-hybridized carbons (Fsp3) is 0.538. The zero-order chi connectivity index (χ0) is 17.9. The minimum atomic E-state index is -0.666. The molecule has 0 unspecified atom stereocenters. The molecule has 24 heavy (non-hydrogen) atoms. The number of nitrogens with two attached hydrogens (primary N) is 3. The lowest BCUT2D eigenvalue weighted by atomic mass is 10.2. The summed E-state index contributed by atoms with van der Waals surface area (Å²) in [6, 6.07) is 0. The second kappa shape index (κ2) is 10.3. The van der Waals surface area contributed by atoms with Crippen LogP contribution in [0.2, 0.25) is 0 Å². The molecule has 8 N–H and O–H groups in total. The number of nitrogens with one attached hydrogen (secondary N) is 2. The van der Waals surface area contributed by atoms with Gasteiger partial charge < -0.3 is 27.8 Å². The average molecular weight is 338 g/mol. The van der Waals surface area contributed by atoms with Crippen LogP contribution in [0.4, 0.5) is 0 Å². The van der Waals surface area contributed by atoms with Gasteiger partial charge in [-0.3, -0.25) is 14.4 Å². The number of nitrogens with zero attached hydrogens (tertiary/aromatic N) is 3. The van der Waals surface area contributed by atoms with E-state index < -0.39 is 17.6 Å². The topological polar surface area (TPSA) is 192 Å². The van der Waals surface area contributed by atoms with Crippen LogP contribution in [-0.2, 0) is 0 Å². The largest absolute Gasteiger partial charge is 0.349 e. The number of hydrogen-bond acceptors (Lipinski definition) is 9. The third kappa shape index (κ3) is 5.61. The highest BCUT2D eigenvalue weighted by Crippen LogP contribution is 2.05. The number of carbonyl (C=O) groups excluding carboxylic acids is 3. The molecule has 0 aliphatic carbocycles. The van der Waals surface area contributed by atoms with Gasteiger partial charge >= 0.3 is 0 Å². The predicted molar refractivity (Wildman–Crippen MR) is 85.2 cm³/mol. The van der Waals surface area contributed by atoms with Gasteiger partial charge in [-0.15, -0.1) is 10.2 Å². The minimum absolute atomic E-state index is 0.126. The molecule has 1 heterocycles. The molecule has 0 spiro atoms. The highest BCUT2D eigenvalue weighted by molar-refractivity contribution is 6.05. The highest BCUT2D eigenvalue weighted by atomic mass is 16.2.